The predicted octanol–water partition coefficient (Wildman–Crippen LogP) is 2.12. The first-order valence-electron chi connectivity index (χ1n) is 10.5. The zero-order valence-corrected chi connectivity index (χ0v) is 16.9. The fraction of sp³-hybridized carbons (Fsp3) is 0.391. The zero-order valence-electron chi connectivity index (χ0n) is 16.9. The van der Waals surface area contributed by atoms with Gasteiger partial charge in [0.25, 0.3) is 5.91 Å². The Kier molecular flexibility index (Phi) is 6.07. The number of pyridine rings is 1. The molecule has 1 saturated carbocycles. The van der Waals surface area contributed by atoms with Crippen molar-refractivity contribution in [2.24, 2.45) is 0 Å². The van der Waals surface area contributed by atoms with Crippen molar-refractivity contribution in [2.45, 2.75) is 44.8 Å². The third kappa shape index (κ3) is 4.50. The van der Waals surface area contributed by atoms with Gasteiger partial charge in [-0.3, -0.25) is 19.4 Å². The molecular formula is C23H26N4O3. The highest BCUT2D eigenvalue weighted by molar-refractivity contribution is 6.35. The van der Waals surface area contributed by atoms with Crippen LogP contribution in [0.2, 0.25) is 0 Å². The molecule has 3 amide bonds. The van der Waals surface area contributed by atoms with Gasteiger partial charge in [-0.15, -0.1) is 0 Å². The minimum Gasteiger partial charge on any atom is -0.346 e. The van der Waals surface area contributed by atoms with Gasteiger partial charge >= 0.3 is 11.8 Å². The first kappa shape index (κ1) is 20.1. The molecule has 1 aromatic carbocycles. The summed E-state index contributed by atoms with van der Waals surface area (Å²) in [4.78, 5) is 45.0. The Morgan fingerprint density at radius 1 is 1.00 bits per heavy atom. The maximum Gasteiger partial charge on any atom is 0.312 e. The molecule has 1 aliphatic heterocycles. The van der Waals surface area contributed by atoms with E-state index in [9.17, 15) is 14.4 Å². The molecule has 0 radical (unpaired) electrons. The number of nitrogens with one attached hydrogen (secondary N) is 1. The molecule has 0 spiro atoms. The number of piperazine rings is 1. The van der Waals surface area contributed by atoms with Crippen molar-refractivity contribution >= 4 is 17.7 Å². The number of nitrogens with zero attached hydrogens (tertiary/aromatic N) is 3. The molecule has 2 heterocycles. The van der Waals surface area contributed by atoms with Crippen LogP contribution >= 0.6 is 0 Å². The highest BCUT2D eigenvalue weighted by Crippen LogP contribution is 2.25. The lowest BCUT2D eigenvalue weighted by Crippen LogP contribution is -2.56. The third-order valence-corrected chi connectivity index (χ3v) is 5.85. The minimum absolute atomic E-state index is 0.177. The van der Waals surface area contributed by atoms with Crippen molar-refractivity contribution < 1.29 is 14.4 Å². The van der Waals surface area contributed by atoms with Gasteiger partial charge in [-0.1, -0.05) is 31.0 Å². The molecular weight excluding hydrogens is 380 g/mol. The van der Waals surface area contributed by atoms with Gasteiger partial charge in [0.05, 0.1) is 12.2 Å². The van der Waals surface area contributed by atoms with Crippen molar-refractivity contribution in [2.75, 3.05) is 13.1 Å². The molecule has 2 fully saturated rings. The third-order valence-electron chi connectivity index (χ3n) is 5.85. The van der Waals surface area contributed by atoms with Gasteiger partial charge in [0, 0.05) is 37.4 Å². The van der Waals surface area contributed by atoms with Crippen LogP contribution in [0, 0.1) is 0 Å². The van der Waals surface area contributed by atoms with Crippen LogP contribution in [0.1, 0.15) is 47.3 Å². The lowest BCUT2D eigenvalue weighted by molar-refractivity contribution is -0.158. The predicted molar refractivity (Wildman–Crippen MR) is 111 cm³/mol. The first-order valence-corrected chi connectivity index (χ1v) is 10.5. The van der Waals surface area contributed by atoms with Crippen LogP contribution < -0.4 is 5.32 Å². The van der Waals surface area contributed by atoms with Gasteiger partial charge in [-0.05, 0) is 42.7 Å². The molecule has 2 aromatic rings. The van der Waals surface area contributed by atoms with Crippen molar-refractivity contribution in [3.05, 3.63) is 65.5 Å². The van der Waals surface area contributed by atoms with Gasteiger partial charge in [-0.25, -0.2) is 0 Å². The van der Waals surface area contributed by atoms with E-state index in [4.69, 9.17) is 0 Å². The van der Waals surface area contributed by atoms with E-state index in [1.807, 2.05) is 30.3 Å². The molecule has 7 nitrogen and oxygen atoms in total. The number of amides is 3. The second kappa shape index (κ2) is 9.07. The standard InChI is InChI=1S/C23H26N4O3/c28-21(25-15-19-5-3-4-12-24-19)18-10-8-17(9-11-18)16-26-13-14-27(23(30)22(26)29)20-6-1-2-7-20/h3-5,8-12,20H,1-2,6-7,13-16H2,(H,25,28). The highest BCUT2D eigenvalue weighted by Gasteiger charge is 2.37. The molecule has 0 bridgehead atoms. The molecule has 2 aliphatic rings. The van der Waals surface area contributed by atoms with Crippen LogP contribution in [-0.4, -0.2) is 51.6 Å². The van der Waals surface area contributed by atoms with E-state index < -0.39 is 5.91 Å². The van der Waals surface area contributed by atoms with E-state index in [0.29, 0.717) is 31.7 Å². The maximum absolute atomic E-state index is 12.6. The van der Waals surface area contributed by atoms with Crippen molar-refractivity contribution in [3.63, 3.8) is 0 Å². The fourth-order valence-corrected chi connectivity index (χ4v) is 4.16. The van der Waals surface area contributed by atoms with Gasteiger partial charge in [-0.2, -0.15) is 0 Å². The molecule has 156 valence electrons. The van der Waals surface area contributed by atoms with E-state index in [0.717, 1.165) is 36.9 Å². The Morgan fingerprint density at radius 2 is 1.77 bits per heavy atom. The average Bonchev–Trinajstić information content (AvgIpc) is 3.31. The fourth-order valence-electron chi connectivity index (χ4n) is 4.16. The molecule has 1 N–H and O–H groups in total. The average molecular weight is 406 g/mol. The van der Waals surface area contributed by atoms with E-state index in [2.05, 4.69) is 10.3 Å². The molecule has 1 aromatic heterocycles. The summed E-state index contributed by atoms with van der Waals surface area (Å²) in [5, 5.41) is 2.84. The SMILES string of the molecule is O=C(NCc1ccccn1)c1ccc(CN2CCN(C3CCCC3)C(=O)C2=O)cc1. The zero-order chi connectivity index (χ0) is 20.9. The Morgan fingerprint density at radius 3 is 2.47 bits per heavy atom. The first-order chi connectivity index (χ1) is 14.6. The van der Waals surface area contributed by atoms with Gasteiger partial charge in [0.2, 0.25) is 0 Å². The molecule has 1 aliphatic carbocycles. The number of carbonyl (C=O) groups is 3. The van der Waals surface area contributed by atoms with Gasteiger partial charge in [0.1, 0.15) is 0 Å². The summed E-state index contributed by atoms with van der Waals surface area (Å²) in [6, 6.07) is 12.9. The summed E-state index contributed by atoms with van der Waals surface area (Å²) in [6.45, 7) is 1.89. The van der Waals surface area contributed by atoms with Gasteiger partial charge in [0.15, 0.2) is 0 Å². The smallest absolute Gasteiger partial charge is 0.312 e. The number of benzene rings is 1. The lowest BCUT2D eigenvalue weighted by atomic mass is 10.1. The second-order valence-corrected chi connectivity index (χ2v) is 7.86. The van der Waals surface area contributed by atoms with Crippen LogP contribution in [0.5, 0.6) is 0 Å². The maximum atomic E-state index is 12.6. The summed E-state index contributed by atoms with van der Waals surface area (Å²) in [6.07, 6.45) is 5.96. The summed E-state index contributed by atoms with van der Waals surface area (Å²) in [5.41, 5.74) is 2.23. The Bertz CT molecular complexity index is 908. The summed E-state index contributed by atoms with van der Waals surface area (Å²) in [7, 11) is 0. The molecule has 7 heteroatoms. The van der Waals surface area contributed by atoms with E-state index in [1.165, 1.54) is 0 Å². The molecule has 1 saturated heterocycles. The molecule has 4 rings (SSSR count). The Balaban J connectivity index is 1.31. The van der Waals surface area contributed by atoms with E-state index in [1.54, 1.807) is 28.1 Å². The van der Waals surface area contributed by atoms with Crippen LogP contribution in [-0.2, 0) is 22.7 Å². The van der Waals surface area contributed by atoms with Crippen molar-refractivity contribution in [1.82, 2.24) is 20.1 Å². The van der Waals surface area contributed by atoms with Crippen LogP contribution in [0.25, 0.3) is 0 Å². The molecule has 30 heavy (non-hydrogen) atoms. The second-order valence-electron chi connectivity index (χ2n) is 7.86. The molecule has 0 unspecified atom stereocenters. The number of rotatable bonds is 6. The minimum atomic E-state index is -0.426. The van der Waals surface area contributed by atoms with Crippen LogP contribution in [0.4, 0.5) is 0 Å². The van der Waals surface area contributed by atoms with Gasteiger partial charge < -0.3 is 15.1 Å². The number of carbonyl (C=O) groups excluding carboxylic acids is 3. The highest BCUT2D eigenvalue weighted by atomic mass is 16.2. The lowest BCUT2D eigenvalue weighted by Gasteiger charge is -2.37. The number of hydrogen-bond donors (Lipinski definition) is 1. The summed E-state index contributed by atoms with van der Waals surface area (Å²) >= 11 is 0. The Hall–Kier alpha value is -3.22. The normalized spacial score (nSPS) is 17.5. The summed E-state index contributed by atoms with van der Waals surface area (Å²) in [5.74, 6) is -0.979. The van der Waals surface area contributed by atoms with Crippen LogP contribution in [0.15, 0.2) is 48.7 Å². The number of aromatic nitrogens is 1. The monoisotopic (exact) mass is 406 g/mol. The molecule has 0 atom stereocenters. The topological polar surface area (TPSA) is 82.6 Å². The largest absolute Gasteiger partial charge is 0.346 e. The van der Waals surface area contributed by atoms with Crippen molar-refractivity contribution in [3.8, 4) is 0 Å². The number of hydrogen-bond acceptors (Lipinski definition) is 4. The Labute approximate surface area is 176 Å². The quantitative estimate of drug-likeness (QED) is 0.745. The van der Waals surface area contributed by atoms with Crippen LogP contribution in [0.3, 0.4) is 0 Å². The van der Waals surface area contributed by atoms with E-state index >= 15 is 0 Å². The summed E-state index contributed by atoms with van der Waals surface area (Å²) < 4.78 is 0. The van der Waals surface area contributed by atoms with E-state index in [-0.39, 0.29) is 17.9 Å². The van der Waals surface area contributed by atoms with Crippen molar-refractivity contribution in [1.29, 1.82) is 0 Å².